The highest BCUT2D eigenvalue weighted by atomic mass is 32.1. The van der Waals surface area contributed by atoms with Gasteiger partial charge in [0.1, 0.15) is 11.7 Å². The van der Waals surface area contributed by atoms with E-state index in [1.807, 2.05) is 81.4 Å². The summed E-state index contributed by atoms with van der Waals surface area (Å²) in [6.45, 7) is 5.72. The molecule has 5 heteroatoms. The molecule has 0 fully saturated rings. The summed E-state index contributed by atoms with van der Waals surface area (Å²) in [5.41, 5.74) is 1.21. The van der Waals surface area contributed by atoms with E-state index in [2.05, 4.69) is 5.32 Å². The lowest BCUT2D eigenvalue weighted by molar-refractivity contribution is 0.0498. The van der Waals surface area contributed by atoms with Gasteiger partial charge in [-0.2, -0.15) is 0 Å². The average molecular weight is 357 g/mol. The molecule has 0 heterocycles. The smallest absolute Gasteiger partial charge is 0.407 e. The summed E-state index contributed by atoms with van der Waals surface area (Å²) in [6.07, 6.45) is -0.885. The predicted molar refractivity (Wildman–Crippen MR) is 103 cm³/mol. The molecule has 25 heavy (non-hydrogen) atoms. The van der Waals surface area contributed by atoms with Crippen LogP contribution in [0.1, 0.15) is 38.0 Å². The van der Waals surface area contributed by atoms with E-state index in [4.69, 9.17) is 21.7 Å². The topological polar surface area (TPSA) is 47.6 Å². The van der Waals surface area contributed by atoms with Crippen molar-refractivity contribution in [2.24, 2.45) is 0 Å². The standard InChI is InChI=1S/C20H23NO3S/c1-20(2,3)24-19(22)21-14-17(15-10-6-4-7-11-15)23-18(25)16-12-8-5-9-13-16/h4-13,17H,14H2,1-3H3,(H,21,22)/t17-/m1/s1. The van der Waals surface area contributed by atoms with E-state index >= 15 is 0 Å². The van der Waals surface area contributed by atoms with Gasteiger partial charge >= 0.3 is 6.09 Å². The number of hydrogen-bond acceptors (Lipinski definition) is 4. The summed E-state index contributed by atoms with van der Waals surface area (Å²) >= 11 is 5.40. The van der Waals surface area contributed by atoms with Crippen molar-refractivity contribution in [3.05, 3.63) is 71.8 Å². The fourth-order valence-corrected chi connectivity index (χ4v) is 2.41. The number of hydrogen-bond donors (Lipinski definition) is 1. The van der Waals surface area contributed by atoms with Crippen LogP contribution >= 0.6 is 12.2 Å². The van der Waals surface area contributed by atoms with Crippen LogP contribution in [-0.4, -0.2) is 23.3 Å². The van der Waals surface area contributed by atoms with Gasteiger partial charge < -0.3 is 14.8 Å². The summed E-state index contributed by atoms with van der Waals surface area (Å²) in [6, 6.07) is 19.2. The van der Waals surface area contributed by atoms with E-state index in [9.17, 15) is 4.79 Å². The van der Waals surface area contributed by atoms with Gasteiger partial charge in [-0.25, -0.2) is 4.79 Å². The lowest BCUT2D eigenvalue weighted by atomic mass is 10.1. The van der Waals surface area contributed by atoms with Crippen molar-refractivity contribution in [1.29, 1.82) is 0 Å². The maximum Gasteiger partial charge on any atom is 0.407 e. The molecule has 0 saturated carbocycles. The molecule has 0 bridgehead atoms. The minimum Gasteiger partial charge on any atom is -0.473 e. The first kappa shape index (κ1) is 18.9. The molecule has 0 aliphatic carbocycles. The third-order valence-corrected chi connectivity index (χ3v) is 3.59. The second-order valence-corrected chi connectivity index (χ2v) is 6.92. The molecule has 0 saturated heterocycles. The molecule has 1 N–H and O–H groups in total. The van der Waals surface area contributed by atoms with Crippen LogP contribution in [-0.2, 0) is 9.47 Å². The highest BCUT2D eigenvalue weighted by molar-refractivity contribution is 7.80. The number of amides is 1. The van der Waals surface area contributed by atoms with Gasteiger partial charge in [-0.3, -0.25) is 0 Å². The second-order valence-electron chi connectivity index (χ2n) is 6.55. The first-order valence-corrected chi connectivity index (χ1v) is 8.54. The average Bonchev–Trinajstić information content (AvgIpc) is 2.58. The number of nitrogens with one attached hydrogen (secondary N) is 1. The Bertz CT molecular complexity index is 696. The monoisotopic (exact) mass is 357 g/mol. The lowest BCUT2D eigenvalue weighted by Crippen LogP contribution is -2.35. The van der Waals surface area contributed by atoms with Crippen LogP contribution in [0, 0.1) is 0 Å². The fraction of sp³-hybridized carbons (Fsp3) is 0.300. The van der Waals surface area contributed by atoms with Crippen LogP contribution < -0.4 is 5.32 Å². The molecule has 0 radical (unpaired) electrons. The molecule has 2 rings (SSSR count). The number of thiocarbonyl (C=S) groups is 1. The Labute approximate surface area is 154 Å². The Hall–Kier alpha value is -2.40. The fourth-order valence-electron chi connectivity index (χ4n) is 2.16. The first-order valence-electron chi connectivity index (χ1n) is 8.13. The summed E-state index contributed by atoms with van der Waals surface area (Å²) in [5, 5.41) is 3.14. The lowest BCUT2D eigenvalue weighted by Gasteiger charge is -2.23. The summed E-state index contributed by atoms with van der Waals surface area (Å²) in [4.78, 5) is 11.9. The molecule has 0 unspecified atom stereocenters. The van der Waals surface area contributed by atoms with Gasteiger partial charge in [0.2, 0.25) is 0 Å². The van der Waals surface area contributed by atoms with E-state index in [0.717, 1.165) is 11.1 Å². The van der Waals surface area contributed by atoms with Crippen molar-refractivity contribution in [2.45, 2.75) is 32.5 Å². The summed E-state index contributed by atoms with van der Waals surface area (Å²) < 4.78 is 11.2. The zero-order valence-electron chi connectivity index (χ0n) is 14.7. The maximum atomic E-state index is 11.9. The number of carbonyl (C=O) groups excluding carboxylic acids is 1. The van der Waals surface area contributed by atoms with Gasteiger partial charge in [0.25, 0.3) is 0 Å². The third kappa shape index (κ3) is 6.55. The summed E-state index contributed by atoms with van der Waals surface area (Å²) in [5.74, 6) is 0. The van der Waals surface area contributed by atoms with Crippen molar-refractivity contribution in [2.75, 3.05) is 6.54 Å². The van der Waals surface area contributed by atoms with Crippen molar-refractivity contribution in [3.63, 3.8) is 0 Å². The minimum atomic E-state index is -0.549. The van der Waals surface area contributed by atoms with Crippen LogP contribution in [0.25, 0.3) is 0 Å². The van der Waals surface area contributed by atoms with Crippen molar-refractivity contribution >= 4 is 23.4 Å². The second kappa shape index (κ2) is 8.62. The van der Waals surface area contributed by atoms with Gasteiger partial charge in [0.05, 0.1) is 6.54 Å². The molecule has 4 nitrogen and oxygen atoms in total. The number of benzene rings is 2. The quantitative estimate of drug-likeness (QED) is 0.792. The normalized spacial score (nSPS) is 12.1. The molecule has 2 aromatic carbocycles. The van der Waals surface area contributed by atoms with Crippen molar-refractivity contribution < 1.29 is 14.3 Å². The third-order valence-electron chi connectivity index (χ3n) is 3.26. The molecule has 1 atom stereocenters. The van der Waals surface area contributed by atoms with E-state index in [1.165, 1.54) is 0 Å². The molecule has 0 aliphatic rings. The van der Waals surface area contributed by atoms with Gasteiger partial charge in [-0.15, -0.1) is 0 Å². The molecule has 132 valence electrons. The number of ether oxygens (including phenoxy) is 2. The van der Waals surface area contributed by atoms with Crippen LogP contribution in [0.4, 0.5) is 4.79 Å². The van der Waals surface area contributed by atoms with E-state index in [0.29, 0.717) is 5.05 Å². The van der Waals surface area contributed by atoms with Gasteiger partial charge in [-0.05, 0) is 38.6 Å². The van der Waals surface area contributed by atoms with Gasteiger partial charge in [0.15, 0.2) is 5.05 Å². The van der Waals surface area contributed by atoms with Crippen LogP contribution in [0.3, 0.4) is 0 Å². The molecule has 0 aromatic heterocycles. The first-order chi connectivity index (χ1) is 11.8. The van der Waals surface area contributed by atoms with E-state index < -0.39 is 17.8 Å². The molecule has 2 aromatic rings. The van der Waals surface area contributed by atoms with Crippen LogP contribution in [0.2, 0.25) is 0 Å². The Morgan fingerprint density at radius 1 is 1.04 bits per heavy atom. The number of rotatable bonds is 5. The van der Waals surface area contributed by atoms with E-state index in [1.54, 1.807) is 0 Å². The summed E-state index contributed by atoms with van der Waals surface area (Å²) in [7, 11) is 0. The molecule has 0 aliphatic heterocycles. The Kier molecular flexibility index (Phi) is 6.53. The Morgan fingerprint density at radius 3 is 2.16 bits per heavy atom. The van der Waals surface area contributed by atoms with Gasteiger partial charge in [0, 0.05) is 5.56 Å². The number of carbonyl (C=O) groups is 1. The van der Waals surface area contributed by atoms with Crippen LogP contribution in [0.15, 0.2) is 60.7 Å². The van der Waals surface area contributed by atoms with Crippen molar-refractivity contribution in [3.8, 4) is 0 Å². The molecular weight excluding hydrogens is 334 g/mol. The zero-order chi connectivity index (χ0) is 18.3. The Balaban J connectivity index is 2.06. The molecule has 1 amide bonds. The predicted octanol–water partition coefficient (Wildman–Crippen LogP) is 4.64. The largest absolute Gasteiger partial charge is 0.473 e. The number of alkyl carbamates (subject to hydrolysis) is 1. The van der Waals surface area contributed by atoms with Crippen molar-refractivity contribution in [1.82, 2.24) is 5.32 Å². The zero-order valence-corrected chi connectivity index (χ0v) is 15.5. The molecular formula is C20H23NO3S. The highest BCUT2D eigenvalue weighted by Gasteiger charge is 2.20. The van der Waals surface area contributed by atoms with E-state index in [-0.39, 0.29) is 6.54 Å². The van der Waals surface area contributed by atoms with Crippen LogP contribution in [0.5, 0.6) is 0 Å². The minimum absolute atomic E-state index is 0.256. The SMILES string of the molecule is CC(C)(C)OC(=O)NC[C@@H](OC(=S)c1ccccc1)c1ccccc1. The Morgan fingerprint density at radius 2 is 1.60 bits per heavy atom. The van der Waals surface area contributed by atoms with Gasteiger partial charge in [-0.1, -0.05) is 60.7 Å². The maximum absolute atomic E-state index is 11.9. The molecule has 0 spiro atoms. The highest BCUT2D eigenvalue weighted by Crippen LogP contribution is 2.19.